The second kappa shape index (κ2) is 4.11. The van der Waals surface area contributed by atoms with Crippen molar-refractivity contribution in [3.8, 4) is 5.75 Å². The largest absolute Gasteiger partial charge is 0.508 e. The van der Waals surface area contributed by atoms with E-state index >= 15 is 0 Å². The Labute approximate surface area is 120 Å². The van der Waals surface area contributed by atoms with Crippen LogP contribution < -0.4 is 0 Å². The summed E-state index contributed by atoms with van der Waals surface area (Å²) >= 11 is 0. The monoisotopic (exact) mass is 270 g/mol. The summed E-state index contributed by atoms with van der Waals surface area (Å²) in [4.78, 5) is 0. The van der Waals surface area contributed by atoms with Crippen LogP contribution in [0.2, 0.25) is 0 Å². The number of rotatable bonds is 0. The lowest BCUT2D eigenvalue weighted by Gasteiger charge is -2.43. The van der Waals surface area contributed by atoms with Gasteiger partial charge in [-0.25, -0.2) is 0 Å². The van der Waals surface area contributed by atoms with Crippen LogP contribution in [0, 0.1) is 11.3 Å². The van der Waals surface area contributed by atoms with Gasteiger partial charge in [0.25, 0.3) is 0 Å². The second-order valence-corrected chi connectivity index (χ2v) is 7.00. The molecular weight excluding hydrogens is 248 g/mol. The number of hydrogen-bond acceptors (Lipinski definition) is 2. The molecule has 1 aromatic carbocycles. The lowest BCUT2D eigenvalue weighted by atomic mass is 9.62. The Hall–Kier alpha value is -1.28. The van der Waals surface area contributed by atoms with Gasteiger partial charge in [0.15, 0.2) is 0 Å². The molecule has 106 valence electrons. The number of aromatic hydroxyl groups is 1. The van der Waals surface area contributed by atoms with E-state index in [1.807, 2.05) is 12.1 Å². The summed E-state index contributed by atoms with van der Waals surface area (Å²) in [6, 6.07) is 5.83. The topological polar surface area (TPSA) is 40.5 Å². The summed E-state index contributed by atoms with van der Waals surface area (Å²) in [5, 5.41) is 20.0. The van der Waals surface area contributed by atoms with Crippen molar-refractivity contribution in [2.75, 3.05) is 0 Å². The summed E-state index contributed by atoms with van der Waals surface area (Å²) in [5.74, 6) is 0.952. The fourth-order valence-corrected chi connectivity index (χ4v) is 4.88. The fourth-order valence-electron chi connectivity index (χ4n) is 4.88. The standard InChI is InChI=1S/C18H22O2/c1-18-9-8-14-13-5-3-12(19)10-11(13)2-4-15(14)16(18)6-7-17(18)20/h3,5,10,16-17,19-20H,2,4,6-9H2,1H3/t16-,17-,18-/m0/s1. The van der Waals surface area contributed by atoms with Crippen molar-refractivity contribution in [2.45, 2.75) is 51.6 Å². The van der Waals surface area contributed by atoms with E-state index in [9.17, 15) is 10.2 Å². The normalized spacial score (nSPS) is 35.5. The Morgan fingerprint density at radius 3 is 2.85 bits per heavy atom. The van der Waals surface area contributed by atoms with Crippen LogP contribution in [0.3, 0.4) is 0 Å². The average molecular weight is 270 g/mol. The first kappa shape index (κ1) is 12.5. The van der Waals surface area contributed by atoms with Gasteiger partial charge in [-0.2, -0.15) is 0 Å². The molecule has 1 aromatic rings. The molecule has 3 atom stereocenters. The minimum absolute atomic E-state index is 0.104. The number of phenols is 1. The zero-order valence-electron chi connectivity index (χ0n) is 12.0. The molecule has 2 N–H and O–H groups in total. The van der Waals surface area contributed by atoms with Crippen LogP contribution in [0.15, 0.2) is 23.8 Å². The number of fused-ring (bicyclic) bond motifs is 4. The van der Waals surface area contributed by atoms with Crippen LogP contribution in [0.4, 0.5) is 0 Å². The van der Waals surface area contributed by atoms with Crippen LogP contribution in [-0.2, 0) is 6.42 Å². The van der Waals surface area contributed by atoms with Gasteiger partial charge in [0, 0.05) is 5.41 Å². The molecule has 0 saturated heterocycles. The van der Waals surface area contributed by atoms with Gasteiger partial charge < -0.3 is 10.2 Å². The van der Waals surface area contributed by atoms with E-state index in [1.165, 1.54) is 16.7 Å². The Kier molecular flexibility index (Phi) is 2.56. The molecule has 0 heterocycles. The molecule has 2 nitrogen and oxygen atoms in total. The number of phenolic OH excluding ortho intramolecular Hbond substituents is 1. The van der Waals surface area contributed by atoms with Gasteiger partial charge >= 0.3 is 0 Å². The number of aryl methyl sites for hydroxylation is 1. The van der Waals surface area contributed by atoms with Crippen molar-refractivity contribution >= 4 is 5.57 Å². The summed E-state index contributed by atoms with van der Waals surface area (Å²) in [6.45, 7) is 2.28. The Morgan fingerprint density at radius 2 is 2.00 bits per heavy atom. The van der Waals surface area contributed by atoms with Crippen molar-refractivity contribution < 1.29 is 10.2 Å². The van der Waals surface area contributed by atoms with Gasteiger partial charge in [-0.3, -0.25) is 0 Å². The molecular formula is C18H22O2. The Morgan fingerprint density at radius 1 is 1.15 bits per heavy atom. The number of benzene rings is 1. The molecule has 0 bridgehead atoms. The molecule has 0 spiro atoms. The summed E-state index contributed by atoms with van der Waals surface area (Å²) in [7, 11) is 0. The van der Waals surface area contributed by atoms with E-state index in [4.69, 9.17) is 0 Å². The van der Waals surface area contributed by atoms with Crippen LogP contribution in [0.25, 0.3) is 5.57 Å². The maximum Gasteiger partial charge on any atom is 0.115 e. The van der Waals surface area contributed by atoms with Crippen LogP contribution in [0.1, 0.15) is 50.2 Å². The molecule has 20 heavy (non-hydrogen) atoms. The molecule has 3 aliphatic rings. The minimum atomic E-state index is -0.122. The minimum Gasteiger partial charge on any atom is -0.508 e. The molecule has 1 saturated carbocycles. The quantitative estimate of drug-likeness (QED) is 0.755. The van der Waals surface area contributed by atoms with E-state index < -0.39 is 0 Å². The van der Waals surface area contributed by atoms with Crippen molar-refractivity contribution in [3.05, 3.63) is 34.9 Å². The maximum atomic E-state index is 10.3. The van der Waals surface area contributed by atoms with E-state index in [0.29, 0.717) is 11.7 Å². The lowest BCUT2D eigenvalue weighted by Crippen LogP contribution is -2.37. The van der Waals surface area contributed by atoms with Gasteiger partial charge in [-0.05, 0) is 73.3 Å². The molecule has 0 amide bonds. The van der Waals surface area contributed by atoms with Crippen molar-refractivity contribution in [1.82, 2.24) is 0 Å². The molecule has 0 unspecified atom stereocenters. The molecule has 0 radical (unpaired) electrons. The first-order valence-electron chi connectivity index (χ1n) is 7.82. The zero-order valence-corrected chi connectivity index (χ0v) is 12.0. The SMILES string of the molecule is C[C@]12CCC3=C(CCc4cc(O)ccc43)[C@@H]1CC[C@@H]2O. The number of aliphatic hydroxyl groups is 1. The highest BCUT2D eigenvalue weighted by Gasteiger charge is 2.50. The van der Waals surface area contributed by atoms with Crippen LogP contribution in [-0.4, -0.2) is 16.3 Å². The van der Waals surface area contributed by atoms with Crippen molar-refractivity contribution in [3.63, 3.8) is 0 Å². The van der Waals surface area contributed by atoms with E-state index in [-0.39, 0.29) is 11.5 Å². The third kappa shape index (κ3) is 1.54. The Balaban J connectivity index is 1.83. The molecule has 4 rings (SSSR count). The fraction of sp³-hybridized carbons (Fsp3) is 0.556. The first-order valence-corrected chi connectivity index (χ1v) is 7.82. The second-order valence-electron chi connectivity index (χ2n) is 7.00. The zero-order chi connectivity index (χ0) is 13.9. The van der Waals surface area contributed by atoms with Gasteiger partial charge in [0.2, 0.25) is 0 Å². The van der Waals surface area contributed by atoms with E-state index in [2.05, 4.69) is 13.0 Å². The third-order valence-corrected chi connectivity index (χ3v) is 6.09. The lowest BCUT2D eigenvalue weighted by molar-refractivity contribution is 0.0379. The molecule has 3 aliphatic carbocycles. The number of allylic oxidation sites excluding steroid dienone is 2. The smallest absolute Gasteiger partial charge is 0.115 e. The molecule has 2 heteroatoms. The average Bonchev–Trinajstić information content (AvgIpc) is 2.74. The van der Waals surface area contributed by atoms with Gasteiger partial charge in [-0.15, -0.1) is 0 Å². The number of hydrogen-bond donors (Lipinski definition) is 2. The molecule has 1 fully saturated rings. The van der Waals surface area contributed by atoms with Gasteiger partial charge in [0.1, 0.15) is 5.75 Å². The molecule has 0 aliphatic heterocycles. The van der Waals surface area contributed by atoms with Crippen LogP contribution >= 0.6 is 0 Å². The predicted molar refractivity (Wildman–Crippen MR) is 79.4 cm³/mol. The van der Waals surface area contributed by atoms with Gasteiger partial charge in [-0.1, -0.05) is 18.6 Å². The van der Waals surface area contributed by atoms with Gasteiger partial charge in [0.05, 0.1) is 6.10 Å². The maximum absolute atomic E-state index is 10.3. The third-order valence-electron chi connectivity index (χ3n) is 6.09. The summed E-state index contributed by atoms with van der Waals surface area (Å²) in [6.07, 6.45) is 6.30. The highest BCUT2D eigenvalue weighted by Crippen LogP contribution is 2.58. The highest BCUT2D eigenvalue weighted by molar-refractivity contribution is 5.75. The first-order chi connectivity index (χ1) is 9.59. The summed E-state index contributed by atoms with van der Waals surface area (Å²) in [5.41, 5.74) is 5.88. The summed E-state index contributed by atoms with van der Waals surface area (Å²) < 4.78 is 0. The predicted octanol–water partition coefficient (Wildman–Crippen LogP) is 3.66. The van der Waals surface area contributed by atoms with Crippen molar-refractivity contribution in [1.29, 1.82) is 0 Å². The molecule has 0 aromatic heterocycles. The van der Waals surface area contributed by atoms with Crippen LogP contribution in [0.5, 0.6) is 5.75 Å². The van der Waals surface area contributed by atoms with E-state index in [1.54, 1.807) is 5.57 Å². The van der Waals surface area contributed by atoms with Crippen molar-refractivity contribution in [2.24, 2.45) is 11.3 Å². The van der Waals surface area contributed by atoms with E-state index in [0.717, 1.165) is 38.5 Å². The highest BCUT2D eigenvalue weighted by atomic mass is 16.3. The number of aliphatic hydroxyl groups excluding tert-OH is 1. The Bertz CT molecular complexity index is 601.